The number of phenols is 2. The van der Waals surface area contributed by atoms with Gasteiger partial charge in [0.25, 0.3) is 0 Å². The molecule has 0 spiro atoms. The van der Waals surface area contributed by atoms with Gasteiger partial charge < -0.3 is 15.1 Å². The Morgan fingerprint density at radius 3 is 1.43 bits per heavy atom. The van der Waals surface area contributed by atoms with Gasteiger partial charge in [0.1, 0.15) is 11.5 Å². The van der Waals surface area contributed by atoms with Crippen LogP contribution in [-0.2, 0) is 26.8 Å². The highest BCUT2D eigenvalue weighted by Gasteiger charge is 2.21. The first-order valence-corrected chi connectivity index (χ1v) is 7.62. The van der Waals surface area contributed by atoms with Crippen molar-refractivity contribution in [2.75, 3.05) is 0 Å². The van der Waals surface area contributed by atoms with E-state index in [4.69, 9.17) is 19.3 Å². The Kier molecular flexibility index (Phi) is 4.98. The predicted molar refractivity (Wildman–Crippen MR) is 75.6 cm³/mol. The van der Waals surface area contributed by atoms with Crippen LogP contribution < -0.4 is 0 Å². The number of hydrogen-bond donors (Lipinski definition) is 3. The van der Waals surface area contributed by atoms with Crippen LogP contribution in [0.3, 0.4) is 0 Å². The highest BCUT2D eigenvalue weighted by Crippen LogP contribution is 2.45. The standard InChI is InChI=1S/C14H15O6P/c15-13-5-1-11(2-6-13)9-19-21(17,18)20-10-12-3-7-14(16)8-4-12/h1-8,15-16H,9-10H2,(H,17,18). The van der Waals surface area contributed by atoms with E-state index in [0.29, 0.717) is 11.1 Å². The molecular weight excluding hydrogens is 295 g/mol. The molecule has 2 rings (SSSR count). The molecule has 3 N–H and O–H groups in total. The van der Waals surface area contributed by atoms with Gasteiger partial charge in [-0.2, -0.15) is 0 Å². The van der Waals surface area contributed by atoms with Crippen molar-refractivity contribution in [3.63, 3.8) is 0 Å². The van der Waals surface area contributed by atoms with Crippen molar-refractivity contribution in [2.24, 2.45) is 0 Å². The van der Waals surface area contributed by atoms with E-state index >= 15 is 0 Å². The Morgan fingerprint density at radius 2 is 1.10 bits per heavy atom. The van der Waals surface area contributed by atoms with Gasteiger partial charge in [-0.25, -0.2) is 4.57 Å². The summed E-state index contributed by atoms with van der Waals surface area (Å²) in [6.07, 6.45) is 0. The molecule has 0 radical (unpaired) electrons. The van der Waals surface area contributed by atoms with E-state index in [9.17, 15) is 9.46 Å². The molecule has 21 heavy (non-hydrogen) atoms. The molecular formula is C14H15O6P. The van der Waals surface area contributed by atoms with Gasteiger partial charge in [-0.05, 0) is 35.4 Å². The van der Waals surface area contributed by atoms with E-state index in [1.54, 1.807) is 24.3 Å². The van der Waals surface area contributed by atoms with Crippen molar-refractivity contribution in [1.82, 2.24) is 0 Å². The first-order chi connectivity index (χ1) is 9.94. The second-order valence-electron chi connectivity index (χ2n) is 4.35. The molecule has 0 aliphatic rings. The van der Waals surface area contributed by atoms with Crippen LogP contribution >= 0.6 is 7.82 Å². The van der Waals surface area contributed by atoms with E-state index in [-0.39, 0.29) is 24.7 Å². The lowest BCUT2D eigenvalue weighted by Gasteiger charge is -2.12. The van der Waals surface area contributed by atoms with Crippen molar-refractivity contribution in [1.29, 1.82) is 0 Å². The number of phosphoric acid groups is 1. The maximum absolute atomic E-state index is 11.7. The zero-order chi connectivity index (χ0) is 15.3. The van der Waals surface area contributed by atoms with Crippen LogP contribution in [-0.4, -0.2) is 15.1 Å². The third-order valence-electron chi connectivity index (χ3n) is 2.66. The number of phenolic OH excluding ortho intramolecular Hbond substituents is 2. The van der Waals surface area contributed by atoms with Gasteiger partial charge in [-0.15, -0.1) is 0 Å². The summed E-state index contributed by atoms with van der Waals surface area (Å²) in [7, 11) is -4.17. The molecule has 0 aliphatic heterocycles. The molecule has 112 valence electrons. The minimum absolute atomic E-state index is 0.106. The second-order valence-corrected chi connectivity index (χ2v) is 5.80. The molecule has 0 saturated carbocycles. The molecule has 0 heterocycles. The Bertz CT molecular complexity index is 569. The summed E-state index contributed by atoms with van der Waals surface area (Å²) < 4.78 is 21.4. The molecule has 2 aromatic rings. The van der Waals surface area contributed by atoms with Crippen LogP contribution in [0.15, 0.2) is 48.5 Å². The Hall–Kier alpha value is -1.85. The van der Waals surface area contributed by atoms with Gasteiger partial charge in [0.15, 0.2) is 0 Å². The number of rotatable bonds is 6. The summed E-state index contributed by atoms with van der Waals surface area (Å²) in [5, 5.41) is 18.3. The smallest absolute Gasteiger partial charge is 0.472 e. The quantitative estimate of drug-likeness (QED) is 0.710. The first-order valence-electron chi connectivity index (χ1n) is 6.12. The average Bonchev–Trinajstić information content (AvgIpc) is 2.46. The van der Waals surface area contributed by atoms with Crippen LogP contribution in [0.25, 0.3) is 0 Å². The molecule has 0 amide bonds. The fourth-order valence-corrected chi connectivity index (χ4v) is 2.23. The number of hydrogen-bond acceptors (Lipinski definition) is 5. The lowest BCUT2D eigenvalue weighted by Crippen LogP contribution is -1.96. The summed E-state index contributed by atoms with van der Waals surface area (Å²) in [5.41, 5.74) is 1.27. The van der Waals surface area contributed by atoms with Crippen LogP contribution in [0.1, 0.15) is 11.1 Å². The largest absolute Gasteiger partial charge is 0.508 e. The summed E-state index contributed by atoms with van der Waals surface area (Å²) in [4.78, 5) is 9.56. The zero-order valence-electron chi connectivity index (χ0n) is 11.0. The van der Waals surface area contributed by atoms with Gasteiger partial charge >= 0.3 is 7.82 Å². The minimum atomic E-state index is -4.17. The van der Waals surface area contributed by atoms with E-state index in [0.717, 1.165) is 0 Å². The fraction of sp³-hybridized carbons (Fsp3) is 0.143. The highest BCUT2D eigenvalue weighted by molar-refractivity contribution is 7.47. The van der Waals surface area contributed by atoms with Gasteiger partial charge in [-0.1, -0.05) is 24.3 Å². The average molecular weight is 310 g/mol. The van der Waals surface area contributed by atoms with E-state index < -0.39 is 7.82 Å². The summed E-state index contributed by atoms with van der Waals surface area (Å²) in [6.45, 7) is -0.215. The second kappa shape index (κ2) is 6.74. The maximum Gasteiger partial charge on any atom is 0.472 e. The number of benzene rings is 2. The topological polar surface area (TPSA) is 96.2 Å². The number of phosphoric ester groups is 1. The zero-order valence-corrected chi connectivity index (χ0v) is 11.9. The number of aromatic hydroxyl groups is 2. The third-order valence-corrected chi connectivity index (χ3v) is 3.57. The van der Waals surface area contributed by atoms with Crippen LogP contribution in [0.2, 0.25) is 0 Å². The minimum Gasteiger partial charge on any atom is -0.508 e. The maximum atomic E-state index is 11.7. The van der Waals surface area contributed by atoms with Crippen LogP contribution in [0, 0.1) is 0 Å². The monoisotopic (exact) mass is 310 g/mol. The molecule has 0 fully saturated rings. The molecule has 0 bridgehead atoms. The molecule has 0 atom stereocenters. The molecule has 2 aromatic carbocycles. The van der Waals surface area contributed by atoms with Gasteiger partial charge in [0, 0.05) is 0 Å². The van der Waals surface area contributed by atoms with Gasteiger partial charge in [0.05, 0.1) is 13.2 Å². The van der Waals surface area contributed by atoms with Crippen molar-refractivity contribution < 1.29 is 28.7 Å². The fourth-order valence-electron chi connectivity index (χ4n) is 1.53. The Labute approximate surface area is 121 Å². The van der Waals surface area contributed by atoms with Crippen molar-refractivity contribution in [2.45, 2.75) is 13.2 Å². The lowest BCUT2D eigenvalue weighted by atomic mass is 10.2. The molecule has 7 heteroatoms. The van der Waals surface area contributed by atoms with Crippen molar-refractivity contribution in [3.05, 3.63) is 59.7 Å². The lowest BCUT2D eigenvalue weighted by molar-refractivity contribution is 0.137. The third kappa shape index (κ3) is 5.21. The summed E-state index contributed by atoms with van der Waals surface area (Å²) in [6, 6.07) is 12.1. The SMILES string of the molecule is O=P(O)(OCc1ccc(O)cc1)OCc1ccc(O)cc1. The molecule has 0 aromatic heterocycles. The van der Waals surface area contributed by atoms with Gasteiger partial charge in [-0.3, -0.25) is 9.05 Å². The van der Waals surface area contributed by atoms with E-state index in [2.05, 4.69) is 0 Å². The van der Waals surface area contributed by atoms with Crippen molar-refractivity contribution in [3.8, 4) is 11.5 Å². The van der Waals surface area contributed by atoms with Gasteiger partial charge in [0.2, 0.25) is 0 Å². The Balaban J connectivity index is 1.85. The van der Waals surface area contributed by atoms with E-state index in [1.165, 1.54) is 24.3 Å². The Morgan fingerprint density at radius 1 is 0.762 bits per heavy atom. The van der Waals surface area contributed by atoms with Crippen LogP contribution in [0.4, 0.5) is 0 Å². The highest BCUT2D eigenvalue weighted by atomic mass is 31.2. The summed E-state index contributed by atoms with van der Waals surface area (Å²) in [5.74, 6) is 0.212. The molecule has 0 aliphatic carbocycles. The normalized spacial score (nSPS) is 11.5. The molecule has 0 unspecified atom stereocenters. The van der Waals surface area contributed by atoms with Crippen LogP contribution in [0.5, 0.6) is 11.5 Å². The summed E-state index contributed by atoms with van der Waals surface area (Å²) >= 11 is 0. The first kappa shape index (κ1) is 15.5. The molecule has 0 saturated heterocycles. The predicted octanol–water partition coefficient (Wildman–Crippen LogP) is 2.93. The molecule has 6 nitrogen and oxygen atoms in total. The van der Waals surface area contributed by atoms with E-state index in [1.807, 2.05) is 0 Å². The van der Waals surface area contributed by atoms with Crippen molar-refractivity contribution >= 4 is 7.82 Å².